The molecule has 0 unspecified atom stereocenters. The molecule has 1 N–H and O–H groups in total. The zero-order chi connectivity index (χ0) is 17.3. The second-order valence-corrected chi connectivity index (χ2v) is 6.92. The van der Waals surface area contributed by atoms with E-state index in [1.54, 1.807) is 16.7 Å². The maximum absolute atomic E-state index is 12.4. The number of amides is 2. The summed E-state index contributed by atoms with van der Waals surface area (Å²) in [4.78, 5) is 38.8. The maximum atomic E-state index is 12.4. The van der Waals surface area contributed by atoms with E-state index in [-0.39, 0.29) is 24.8 Å². The molecule has 0 radical (unpaired) electrons. The van der Waals surface area contributed by atoms with Crippen LogP contribution in [0.2, 0.25) is 0 Å². The van der Waals surface area contributed by atoms with Gasteiger partial charge in [-0.1, -0.05) is 12.1 Å². The van der Waals surface area contributed by atoms with E-state index in [0.717, 1.165) is 24.2 Å². The van der Waals surface area contributed by atoms with E-state index in [2.05, 4.69) is 0 Å². The third kappa shape index (κ3) is 3.13. The van der Waals surface area contributed by atoms with Crippen LogP contribution in [0.5, 0.6) is 0 Å². The summed E-state index contributed by atoms with van der Waals surface area (Å²) in [5.41, 5.74) is 0.906. The maximum Gasteiger partial charge on any atom is 0.311 e. The van der Waals surface area contributed by atoms with Crippen molar-refractivity contribution >= 4 is 23.5 Å². The van der Waals surface area contributed by atoms with E-state index >= 15 is 0 Å². The predicted octanol–water partition coefficient (Wildman–Crippen LogP) is 1.68. The minimum absolute atomic E-state index is 0.0510. The summed E-state index contributed by atoms with van der Waals surface area (Å²) < 4.78 is 0. The summed E-state index contributed by atoms with van der Waals surface area (Å²) in [6.45, 7) is 3.19. The Labute approximate surface area is 141 Å². The van der Waals surface area contributed by atoms with Crippen molar-refractivity contribution in [2.45, 2.75) is 32.6 Å². The van der Waals surface area contributed by atoms with Crippen LogP contribution in [0.1, 0.15) is 31.7 Å². The third-order valence-corrected chi connectivity index (χ3v) is 5.02. The second kappa shape index (κ2) is 6.26. The monoisotopic (exact) mass is 330 g/mol. The minimum atomic E-state index is -0.850. The molecule has 1 aromatic carbocycles. The summed E-state index contributed by atoms with van der Waals surface area (Å²) in [5, 5.41) is 9.25. The molecule has 2 heterocycles. The average molecular weight is 330 g/mol. The van der Waals surface area contributed by atoms with Gasteiger partial charge in [0.2, 0.25) is 11.8 Å². The lowest BCUT2D eigenvalue weighted by molar-refractivity contribution is -0.147. The van der Waals surface area contributed by atoms with Crippen molar-refractivity contribution < 1.29 is 19.5 Å². The molecule has 3 rings (SSSR count). The fourth-order valence-corrected chi connectivity index (χ4v) is 3.35. The number of anilines is 1. The Bertz CT molecular complexity index is 670. The van der Waals surface area contributed by atoms with Crippen molar-refractivity contribution in [3.8, 4) is 0 Å². The molecule has 128 valence electrons. The molecule has 2 fully saturated rings. The summed E-state index contributed by atoms with van der Waals surface area (Å²) in [6, 6.07) is 7.48. The lowest BCUT2D eigenvalue weighted by Gasteiger charge is -2.20. The van der Waals surface area contributed by atoms with Gasteiger partial charge in [-0.15, -0.1) is 0 Å². The fourth-order valence-electron chi connectivity index (χ4n) is 3.35. The zero-order valence-corrected chi connectivity index (χ0v) is 13.8. The van der Waals surface area contributed by atoms with E-state index in [1.807, 2.05) is 24.3 Å². The molecule has 1 atom stereocenters. The average Bonchev–Trinajstić information content (AvgIpc) is 3.15. The Morgan fingerprint density at radius 1 is 1.21 bits per heavy atom. The Hall–Kier alpha value is -2.37. The molecule has 1 aromatic rings. The number of carbonyl (C=O) groups is 3. The first-order chi connectivity index (χ1) is 11.4. The van der Waals surface area contributed by atoms with Gasteiger partial charge in [-0.25, -0.2) is 0 Å². The first kappa shape index (κ1) is 16.5. The highest BCUT2D eigenvalue weighted by Gasteiger charge is 2.41. The lowest BCUT2D eigenvalue weighted by atomic mass is 9.90. The number of hydrogen-bond donors (Lipinski definition) is 1. The number of carboxylic acid groups (broad SMARTS) is 1. The van der Waals surface area contributed by atoms with Gasteiger partial charge in [-0.05, 0) is 37.5 Å². The SMILES string of the molecule is C[C@@]1(C(=O)O)CCN(C(=O)Cc2ccc(N3CCCC3=O)cc2)C1. The normalized spacial score (nSPS) is 23.8. The Morgan fingerprint density at radius 2 is 1.92 bits per heavy atom. The Balaban J connectivity index is 1.61. The first-order valence-corrected chi connectivity index (χ1v) is 8.29. The van der Waals surface area contributed by atoms with E-state index in [4.69, 9.17) is 0 Å². The van der Waals surface area contributed by atoms with Crippen LogP contribution < -0.4 is 4.90 Å². The van der Waals surface area contributed by atoms with Crippen molar-refractivity contribution in [2.24, 2.45) is 5.41 Å². The van der Waals surface area contributed by atoms with Gasteiger partial charge >= 0.3 is 5.97 Å². The van der Waals surface area contributed by atoms with Crippen LogP contribution in [0.4, 0.5) is 5.69 Å². The molecule has 0 bridgehead atoms. The van der Waals surface area contributed by atoms with Crippen LogP contribution in [0.25, 0.3) is 0 Å². The largest absolute Gasteiger partial charge is 0.481 e. The summed E-state index contributed by atoms with van der Waals surface area (Å²) in [5.74, 6) is -0.758. The summed E-state index contributed by atoms with van der Waals surface area (Å²) >= 11 is 0. The molecule has 0 saturated carbocycles. The van der Waals surface area contributed by atoms with Crippen LogP contribution in [-0.2, 0) is 20.8 Å². The molecular weight excluding hydrogens is 308 g/mol. The summed E-state index contributed by atoms with van der Waals surface area (Å²) in [7, 11) is 0. The number of hydrogen-bond acceptors (Lipinski definition) is 3. The first-order valence-electron chi connectivity index (χ1n) is 8.29. The smallest absolute Gasteiger partial charge is 0.311 e. The van der Waals surface area contributed by atoms with Crippen molar-refractivity contribution in [2.75, 3.05) is 24.5 Å². The van der Waals surface area contributed by atoms with E-state index in [1.165, 1.54) is 0 Å². The van der Waals surface area contributed by atoms with Gasteiger partial charge in [-0.3, -0.25) is 14.4 Å². The number of carboxylic acids is 1. The summed E-state index contributed by atoms with van der Waals surface area (Å²) in [6.07, 6.45) is 2.22. The molecule has 0 spiro atoms. The number of nitrogens with zero attached hydrogens (tertiary/aromatic N) is 2. The van der Waals surface area contributed by atoms with Crippen LogP contribution >= 0.6 is 0 Å². The van der Waals surface area contributed by atoms with Gasteiger partial charge < -0.3 is 14.9 Å². The zero-order valence-electron chi connectivity index (χ0n) is 13.8. The number of rotatable bonds is 4. The van der Waals surface area contributed by atoms with Crippen molar-refractivity contribution in [3.63, 3.8) is 0 Å². The van der Waals surface area contributed by atoms with Gasteiger partial charge in [0.15, 0.2) is 0 Å². The predicted molar refractivity (Wildman–Crippen MR) is 88.7 cm³/mol. The quantitative estimate of drug-likeness (QED) is 0.911. The van der Waals surface area contributed by atoms with E-state index in [0.29, 0.717) is 19.4 Å². The van der Waals surface area contributed by atoms with Crippen molar-refractivity contribution in [1.82, 2.24) is 4.90 Å². The number of aliphatic carboxylic acids is 1. The number of likely N-dealkylation sites (tertiary alicyclic amines) is 1. The highest BCUT2D eigenvalue weighted by molar-refractivity contribution is 5.95. The molecular formula is C18H22N2O4. The van der Waals surface area contributed by atoms with Crippen LogP contribution in [0.15, 0.2) is 24.3 Å². The van der Waals surface area contributed by atoms with Crippen LogP contribution in [-0.4, -0.2) is 47.4 Å². The van der Waals surface area contributed by atoms with E-state index in [9.17, 15) is 19.5 Å². The molecule has 0 aromatic heterocycles. The molecule has 6 nitrogen and oxygen atoms in total. The van der Waals surface area contributed by atoms with Crippen LogP contribution in [0, 0.1) is 5.41 Å². The minimum Gasteiger partial charge on any atom is -0.481 e. The van der Waals surface area contributed by atoms with Gasteiger partial charge in [0.1, 0.15) is 0 Å². The van der Waals surface area contributed by atoms with E-state index < -0.39 is 11.4 Å². The fraction of sp³-hybridized carbons (Fsp3) is 0.500. The molecule has 0 aliphatic carbocycles. The molecule has 2 saturated heterocycles. The Morgan fingerprint density at radius 3 is 2.46 bits per heavy atom. The van der Waals surface area contributed by atoms with Gasteiger partial charge in [0.05, 0.1) is 11.8 Å². The highest BCUT2D eigenvalue weighted by atomic mass is 16.4. The number of carbonyl (C=O) groups excluding carboxylic acids is 2. The lowest BCUT2D eigenvalue weighted by Crippen LogP contribution is -2.35. The van der Waals surface area contributed by atoms with Gasteiger partial charge in [-0.2, -0.15) is 0 Å². The second-order valence-electron chi connectivity index (χ2n) is 6.92. The van der Waals surface area contributed by atoms with Crippen molar-refractivity contribution in [1.29, 1.82) is 0 Å². The molecule has 2 aliphatic rings. The molecule has 6 heteroatoms. The van der Waals surface area contributed by atoms with Crippen LogP contribution in [0.3, 0.4) is 0 Å². The van der Waals surface area contributed by atoms with Gasteiger partial charge in [0.25, 0.3) is 0 Å². The Kier molecular flexibility index (Phi) is 4.30. The highest BCUT2D eigenvalue weighted by Crippen LogP contribution is 2.30. The van der Waals surface area contributed by atoms with Crippen molar-refractivity contribution in [3.05, 3.63) is 29.8 Å². The molecule has 2 amide bonds. The van der Waals surface area contributed by atoms with Gasteiger partial charge in [0, 0.05) is 31.7 Å². The third-order valence-electron chi connectivity index (χ3n) is 5.02. The molecule has 24 heavy (non-hydrogen) atoms. The standard InChI is InChI=1S/C18H22N2O4/c1-18(17(23)24)8-10-19(12-18)16(22)11-13-4-6-14(7-5-13)20-9-2-3-15(20)21/h4-7H,2-3,8-12H2,1H3,(H,23,24)/t18-/m1/s1. The topological polar surface area (TPSA) is 77.9 Å². The number of benzene rings is 1. The molecule has 2 aliphatic heterocycles.